The first-order valence-electron chi connectivity index (χ1n) is 15.5. The van der Waals surface area contributed by atoms with Crippen LogP contribution in [0.15, 0.2) is 24.3 Å². The number of carbonyl (C=O) groups excluding carboxylic acids is 1. The highest BCUT2D eigenvalue weighted by atomic mass is 16.5. The second-order valence-electron chi connectivity index (χ2n) is 11.6. The van der Waals surface area contributed by atoms with Gasteiger partial charge in [0.15, 0.2) is 0 Å². The first kappa shape index (κ1) is 30.7. The zero-order chi connectivity index (χ0) is 26.0. The average Bonchev–Trinajstić information content (AvgIpc) is 2.89. The number of rotatable bonds is 19. The molecule has 0 saturated heterocycles. The van der Waals surface area contributed by atoms with Crippen LogP contribution < -0.4 is 9.47 Å². The number of unbranched alkanes of at least 4 members (excludes halogenated alkanes) is 8. The molecule has 0 aromatic heterocycles. The summed E-state index contributed by atoms with van der Waals surface area (Å²) >= 11 is 0. The van der Waals surface area contributed by atoms with Gasteiger partial charge in [-0.25, -0.2) is 0 Å². The van der Waals surface area contributed by atoms with Gasteiger partial charge in [0, 0.05) is 0 Å². The quantitative estimate of drug-likeness (QED) is 0.108. The summed E-state index contributed by atoms with van der Waals surface area (Å²) in [5, 5.41) is 0. The maximum atomic E-state index is 12.7. The van der Waals surface area contributed by atoms with Gasteiger partial charge in [-0.15, -0.1) is 0 Å². The minimum atomic E-state index is -0.0520. The Morgan fingerprint density at radius 3 is 2.03 bits per heavy atom. The topological polar surface area (TPSA) is 35.5 Å². The second kappa shape index (κ2) is 18.7. The standard InChI is InChI=1S/C33H56O3/c1-5-7-8-14-17-28(4)35-31-23-25-32(26-24-31)36-33(34)30-21-19-29(20-22-30)18-15-12-10-9-11-13-16-27(3)6-2/h23-30H,5-22H2,1-4H3/t27-,28+,29-,30-/m0/s1. The summed E-state index contributed by atoms with van der Waals surface area (Å²) in [7, 11) is 0. The summed E-state index contributed by atoms with van der Waals surface area (Å²) < 4.78 is 11.7. The molecule has 1 saturated carbocycles. The molecule has 0 N–H and O–H groups in total. The van der Waals surface area contributed by atoms with Gasteiger partial charge < -0.3 is 9.47 Å². The van der Waals surface area contributed by atoms with Gasteiger partial charge in [0.2, 0.25) is 0 Å². The van der Waals surface area contributed by atoms with Crippen molar-refractivity contribution in [3.63, 3.8) is 0 Å². The summed E-state index contributed by atoms with van der Waals surface area (Å²) in [5.74, 6) is 3.20. The molecule has 2 atom stereocenters. The van der Waals surface area contributed by atoms with Crippen LogP contribution in [0.25, 0.3) is 0 Å². The number of ether oxygens (including phenoxy) is 2. The van der Waals surface area contributed by atoms with Crippen LogP contribution in [0.3, 0.4) is 0 Å². The molecule has 3 heteroatoms. The van der Waals surface area contributed by atoms with E-state index in [0.29, 0.717) is 5.75 Å². The van der Waals surface area contributed by atoms with E-state index in [4.69, 9.17) is 9.47 Å². The Hall–Kier alpha value is -1.51. The van der Waals surface area contributed by atoms with Gasteiger partial charge in [-0.2, -0.15) is 0 Å². The first-order chi connectivity index (χ1) is 17.5. The molecule has 1 fully saturated rings. The normalized spacial score (nSPS) is 19.6. The molecular formula is C33H56O3. The Morgan fingerprint density at radius 1 is 0.778 bits per heavy atom. The Balaban J connectivity index is 1.55. The first-order valence-corrected chi connectivity index (χ1v) is 15.5. The zero-order valence-electron chi connectivity index (χ0n) is 24.1. The number of hydrogen-bond donors (Lipinski definition) is 0. The van der Waals surface area contributed by atoms with E-state index in [9.17, 15) is 4.79 Å². The van der Waals surface area contributed by atoms with Gasteiger partial charge in [0.1, 0.15) is 11.5 Å². The maximum absolute atomic E-state index is 12.7. The van der Waals surface area contributed by atoms with Crippen molar-refractivity contribution >= 4 is 5.97 Å². The average molecular weight is 501 g/mol. The molecule has 0 unspecified atom stereocenters. The summed E-state index contributed by atoms with van der Waals surface area (Å²) in [4.78, 5) is 12.7. The molecule has 1 aromatic carbocycles. The van der Waals surface area contributed by atoms with Gasteiger partial charge in [0.05, 0.1) is 12.0 Å². The Labute approximate surface area is 223 Å². The molecule has 0 radical (unpaired) electrons. The predicted molar refractivity (Wildman–Crippen MR) is 153 cm³/mol. The largest absolute Gasteiger partial charge is 0.491 e. The van der Waals surface area contributed by atoms with Crippen molar-refractivity contribution in [2.45, 2.75) is 149 Å². The lowest BCUT2D eigenvalue weighted by Crippen LogP contribution is -2.25. The monoisotopic (exact) mass is 500 g/mol. The lowest BCUT2D eigenvalue weighted by molar-refractivity contribution is -0.140. The molecule has 3 nitrogen and oxygen atoms in total. The van der Waals surface area contributed by atoms with Crippen LogP contribution in [-0.2, 0) is 4.79 Å². The highest BCUT2D eigenvalue weighted by Crippen LogP contribution is 2.33. The van der Waals surface area contributed by atoms with E-state index < -0.39 is 0 Å². The molecule has 1 aliphatic rings. The smallest absolute Gasteiger partial charge is 0.314 e. The van der Waals surface area contributed by atoms with E-state index in [2.05, 4.69) is 27.7 Å². The number of esters is 1. The third-order valence-electron chi connectivity index (χ3n) is 8.28. The van der Waals surface area contributed by atoms with Crippen LogP contribution in [0.5, 0.6) is 11.5 Å². The van der Waals surface area contributed by atoms with Crippen molar-refractivity contribution < 1.29 is 14.3 Å². The van der Waals surface area contributed by atoms with Gasteiger partial charge >= 0.3 is 5.97 Å². The predicted octanol–water partition coefficient (Wildman–Crippen LogP) is 10.3. The fraction of sp³-hybridized carbons (Fsp3) is 0.788. The van der Waals surface area contributed by atoms with Crippen molar-refractivity contribution in [1.82, 2.24) is 0 Å². The SMILES string of the molecule is CCCCCC[C@@H](C)Oc1ccc(OC(=O)[C@H]2CC[C@H](CCCCCCCC[C@@H](C)CC)CC2)cc1. The van der Waals surface area contributed by atoms with Crippen LogP contribution in [0, 0.1) is 17.8 Å². The zero-order valence-corrected chi connectivity index (χ0v) is 24.1. The molecule has 0 amide bonds. The highest BCUT2D eigenvalue weighted by Gasteiger charge is 2.27. The van der Waals surface area contributed by atoms with Crippen molar-refractivity contribution in [3.05, 3.63) is 24.3 Å². The summed E-state index contributed by atoms with van der Waals surface area (Å²) in [6, 6.07) is 7.59. The minimum Gasteiger partial charge on any atom is -0.491 e. The highest BCUT2D eigenvalue weighted by molar-refractivity contribution is 5.75. The van der Waals surface area contributed by atoms with Crippen LogP contribution >= 0.6 is 0 Å². The lowest BCUT2D eigenvalue weighted by atomic mass is 9.79. The third-order valence-corrected chi connectivity index (χ3v) is 8.28. The molecule has 0 bridgehead atoms. The Kier molecular flexibility index (Phi) is 15.9. The van der Waals surface area contributed by atoms with E-state index in [0.717, 1.165) is 36.8 Å². The molecule has 0 aliphatic heterocycles. The fourth-order valence-electron chi connectivity index (χ4n) is 5.46. The molecular weight excluding hydrogens is 444 g/mol. The number of hydrogen-bond acceptors (Lipinski definition) is 3. The summed E-state index contributed by atoms with van der Waals surface area (Å²) in [5.41, 5.74) is 0. The van der Waals surface area contributed by atoms with Crippen LogP contribution in [0.1, 0.15) is 143 Å². The van der Waals surface area contributed by atoms with Crippen LogP contribution in [0.2, 0.25) is 0 Å². The fourth-order valence-corrected chi connectivity index (χ4v) is 5.46. The van der Waals surface area contributed by atoms with Crippen LogP contribution in [0.4, 0.5) is 0 Å². The summed E-state index contributed by atoms with van der Waals surface area (Å²) in [6.07, 6.45) is 23.1. The molecule has 206 valence electrons. The number of benzene rings is 1. The van der Waals surface area contributed by atoms with Gasteiger partial charge in [-0.05, 0) is 81.5 Å². The molecule has 1 aromatic rings. The molecule has 0 spiro atoms. The van der Waals surface area contributed by atoms with Gasteiger partial charge in [0.25, 0.3) is 0 Å². The van der Waals surface area contributed by atoms with Crippen molar-refractivity contribution in [2.75, 3.05) is 0 Å². The third kappa shape index (κ3) is 13.2. The van der Waals surface area contributed by atoms with Crippen LogP contribution in [-0.4, -0.2) is 12.1 Å². The van der Waals surface area contributed by atoms with E-state index in [-0.39, 0.29) is 18.0 Å². The van der Waals surface area contributed by atoms with E-state index in [1.807, 2.05) is 24.3 Å². The van der Waals surface area contributed by atoms with Crippen molar-refractivity contribution in [1.29, 1.82) is 0 Å². The van der Waals surface area contributed by atoms with Crippen molar-refractivity contribution in [2.24, 2.45) is 17.8 Å². The molecule has 1 aliphatic carbocycles. The lowest BCUT2D eigenvalue weighted by Gasteiger charge is -2.27. The van der Waals surface area contributed by atoms with E-state index in [1.54, 1.807) is 0 Å². The minimum absolute atomic E-state index is 0.0520. The Bertz CT molecular complexity index is 675. The Morgan fingerprint density at radius 2 is 1.36 bits per heavy atom. The van der Waals surface area contributed by atoms with Gasteiger partial charge in [-0.3, -0.25) is 4.79 Å². The molecule has 2 rings (SSSR count). The molecule has 0 heterocycles. The van der Waals surface area contributed by atoms with Gasteiger partial charge in [-0.1, -0.05) is 97.8 Å². The summed E-state index contributed by atoms with van der Waals surface area (Å²) in [6.45, 7) is 9.04. The van der Waals surface area contributed by atoms with E-state index in [1.165, 1.54) is 96.3 Å². The maximum Gasteiger partial charge on any atom is 0.314 e. The van der Waals surface area contributed by atoms with Crippen molar-refractivity contribution in [3.8, 4) is 11.5 Å². The molecule has 36 heavy (non-hydrogen) atoms. The van der Waals surface area contributed by atoms with E-state index >= 15 is 0 Å². The number of carbonyl (C=O) groups is 1. The second-order valence-corrected chi connectivity index (χ2v) is 11.6.